The average Bonchev–Trinajstić information content (AvgIpc) is 2.92. The molecule has 11 heteroatoms. The first-order valence-corrected chi connectivity index (χ1v) is 14.2. The van der Waals surface area contributed by atoms with Crippen LogP contribution in [0.15, 0.2) is 18.2 Å². The molecule has 4 heterocycles. The zero-order chi connectivity index (χ0) is 27.8. The summed E-state index contributed by atoms with van der Waals surface area (Å²) in [5.74, 6) is 0.337. The van der Waals surface area contributed by atoms with E-state index in [1.54, 1.807) is 23.6 Å². The molecule has 4 amide bonds. The van der Waals surface area contributed by atoms with Gasteiger partial charge in [-0.3, -0.25) is 34.0 Å². The van der Waals surface area contributed by atoms with Gasteiger partial charge in [0.05, 0.1) is 24.5 Å². The monoisotopic (exact) mass is 541 g/mol. The summed E-state index contributed by atoms with van der Waals surface area (Å²) in [4.78, 5) is 65.9. The van der Waals surface area contributed by atoms with Gasteiger partial charge in [-0.05, 0) is 38.1 Å². The Hall–Kier alpha value is -3.05. The van der Waals surface area contributed by atoms with Crippen LogP contribution in [0.5, 0.6) is 0 Å². The van der Waals surface area contributed by atoms with Crippen LogP contribution in [-0.4, -0.2) is 137 Å². The van der Waals surface area contributed by atoms with Crippen molar-refractivity contribution >= 4 is 23.6 Å². The van der Waals surface area contributed by atoms with Gasteiger partial charge < -0.3 is 19.6 Å². The Kier molecular flexibility index (Phi) is 10.3. The van der Waals surface area contributed by atoms with Gasteiger partial charge >= 0.3 is 0 Å². The lowest BCUT2D eigenvalue weighted by atomic mass is 10.1. The van der Waals surface area contributed by atoms with E-state index < -0.39 is 0 Å². The van der Waals surface area contributed by atoms with E-state index in [0.29, 0.717) is 78.5 Å². The summed E-state index contributed by atoms with van der Waals surface area (Å²) in [6, 6.07) is 6.01. The molecule has 0 N–H and O–H groups in total. The Morgan fingerprint density at radius 3 is 1.36 bits per heavy atom. The number of fused-ring (bicyclic) bond motifs is 2. The Morgan fingerprint density at radius 2 is 0.974 bits per heavy atom. The molecule has 1 aromatic rings. The van der Waals surface area contributed by atoms with Gasteiger partial charge in [0.15, 0.2) is 0 Å². The molecule has 2 saturated heterocycles. The van der Waals surface area contributed by atoms with E-state index in [1.807, 2.05) is 28.0 Å². The maximum Gasteiger partial charge on any atom is 0.236 e. The molecule has 0 spiro atoms. The van der Waals surface area contributed by atoms with E-state index >= 15 is 0 Å². The Bertz CT molecular complexity index is 944. The molecule has 3 aliphatic rings. The number of carbonyl (C=O) groups excluding carboxylic acids is 4. The summed E-state index contributed by atoms with van der Waals surface area (Å²) in [5, 5.41) is 0. The minimum atomic E-state index is 0.0616. The zero-order valence-electron chi connectivity index (χ0n) is 23.5. The smallest absolute Gasteiger partial charge is 0.236 e. The zero-order valence-corrected chi connectivity index (χ0v) is 23.5. The van der Waals surface area contributed by atoms with Crippen molar-refractivity contribution in [2.45, 2.75) is 46.2 Å². The molecule has 39 heavy (non-hydrogen) atoms. The minimum absolute atomic E-state index is 0.0616. The van der Waals surface area contributed by atoms with Crippen molar-refractivity contribution in [1.29, 1.82) is 0 Å². The van der Waals surface area contributed by atoms with Gasteiger partial charge in [0.25, 0.3) is 0 Å². The number of nitrogens with zero attached hydrogens (tertiary/aromatic N) is 7. The van der Waals surface area contributed by atoms with E-state index in [1.165, 1.54) is 0 Å². The van der Waals surface area contributed by atoms with E-state index in [-0.39, 0.29) is 23.6 Å². The highest BCUT2D eigenvalue weighted by molar-refractivity contribution is 5.80. The molecule has 0 aliphatic carbocycles. The fraction of sp³-hybridized carbons (Fsp3) is 0.679. The number of rotatable bonds is 4. The van der Waals surface area contributed by atoms with Crippen molar-refractivity contribution in [3.63, 3.8) is 0 Å². The number of hydrogen-bond acceptors (Lipinski definition) is 7. The molecule has 214 valence electrons. The lowest BCUT2D eigenvalue weighted by Crippen LogP contribution is -2.52. The first kappa shape index (κ1) is 28.9. The van der Waals surface area contributed by atoms with Crippen LogP contribution in [-0.2, 0) is 32.3 Å². The highest BCUT2D eigenvalue weighted by Crippen LogP contribution is 2.13. The van der Waals surface area contributed by atoms with Gasteiger partial charge in [0, 0.05) is 79.3 Å². The number of pyridine rings is 1. The maximum atomic E-state index is 13.1. The molecule has 2 bridgehead atoms. The van der Waals surface area contributed by atoms with Crippen molar-refractivity contribution in [3.05, 3.63) is 29.6 Å². The third-order valence-electron chi connectivity index (χ3n) is 7.96. The summed E-state index contributed by atoms with van der Waals surface area (Å²) in [6.07, 6.45) is 2.96. The summed E-state index contributed by atoms with van der Waals surface area (Å²) >= 11 is 0. The van der Waals surface area contributed by atoms with Gasteiger partial charge in [0.2, 0.25) is 23.6 Å². The fourth-order valence-corrected chi connectivity index (χ4v) is 5.56. The molecular weight excluding hydrogens is 498 g/mol. The SMILES string of the molecule is CC(=O)N1CCN(C(=O)CN2CCCCCN(CC(=O)N3CCN(C(C)=O)CC3)Cc3cccc(n3)C2)CC1. The van der Waals surface area contributed by atoms with Gasteiger partial charge in [0.1, 0.15) is 0 Å². The van der Waals surface area contributed by atoms with Crippen LogP contribution in [0.2, 0.25) is 0 Å². The van der Waals surface area contributed by atoms with Crippen molar-refractivity contribution in [1.82, 2.24) is 34.4 Å². The second-order valence-corrected chi connectivity index (χ2v) is 10.9. The standard InChI is InChI=1S/C28H43N7O4/c1-23(36)32-11-15-34(16-12-32)27(38)21-30-9-4-3-5-10-31(20-26-8-6-7-25(19-30)29-26)22-28(39)35-17-13-33(14-18-35)24(2)37/h6-8H,3-5,9-22H2,1-2H3. The molecule has 0 radical (unpaired) electrons. The Balaban J connectivity index is 1.33. The van der Waals surface area contributed by atoms with Gasteiger partial charge in [-0.25, -0.2) is 0 Å². The van der Waals surface area contributed by atoms with E-state index in [2.05, 4.69) is 9.80 Å². The third-order valence-corrected chi connectivity index (χ3v) is 7.96. The third kappa shape index (κ3) is 8.47. The van der Waals surface area contributed by atoms with Crippen molar-refractivity contribution < 1.29 is 19.2 Å². The molecule has 0 unspecified atom stereocenters. The van der Waals surface area contributed by atoms with Gasteiger partial charge in [-0.15, -0.1) is 0 Å². The lowest BCUT2D eigenvalue weighted by Gasteiger charge is -2.35. The topological polar surface area (TPSA) is 101 Å². The summed E-state index contributed by atoms with van der Waals surface area (Å²) in [5.41, 5.74) is 1.85. The second kappa shape index (κ2) is 13.8. The number of amides is 4. The van der Waals surface area contributed by atoms with E-state index in [0.717, 1.165) is 43.7 Å². The largest absolute Gasteiger partial charge is 0.339 e. The minimum Gasteiger partial charge on any atom is -0.339 e. The molecule has 0 saturated carbocycles. The normalized spacial score (nSPS) is 20.3. The Morgan fingerprint density at radius 1 is 0.590 bits per heavy atom. The summed E-state index contributed by atoms with van der Waals surface area (Å²) < 4.78 is 0. The highest BCUT2D eigenvalue weighted by Gasteiger charge is 2.26. The predicted molar refractivity (Wildman–Crippen MR) is 146 cm³/mol. The molecule has 4 rings (SSSR count). The van der Waals surface area contributed by atoms with Crippen LogP contribution in [0.25, 0.3) is 0 Å². The number of piperazine rings is 2. The van der Waals surface area contributed by atoms with Crippen LogP contribution in [0.3, 0.4) is 0 Å². The number of carbonyl (C=O) groups is 4. The average molecular weight is 542 g/mol. The summed E-state index contributed by atoms with van der Waals surface area (Å²) in [7, 11) is 0. The van der Waals surface area contributed by atoms with Crippen LogP contribution in [0.1, 0.15) is 44.5 Å². The second-order valence-electron chi connectivity index (χ2n) is 10.9. The van der Waals surface area contributed by atoms with Crippen molar-refractivity contribution in [2.24, 2.45) is 0 Å². The van der Waals surface area contributed by atoms with Crippen LogP contribution < -0.4 is 0 Å². The van der Waals surface area contributed by atoms with Gasteiger partial charge in [-0.2, -0.15) is 0 Å². The predicted octanol–water partition coefficient (Wildman–Crippen LogP) is 0.251. The van der Waals surface area contributed by atoms with Crippen molar-refractivity contribution in [2.75, 3.05) is 78.5 Å². The molecule has 2 fully saturated rings. The van der Waals surface area contributed by atoms with Crippen LogP contribution in [0.4, 0.5) is 0 Å². The maximum absolute atomic E-state index is 13.1. The lowest BCUT2D eigenvalue weighted by molar-refractivity contribution is -0.139. The fourth-order valence-electron chi connectivity index (χ4n) is 5.56. The van der Waals surface area contributed by atoms with Crippen LogP contribution in [0, 0.1) is 0 Å². The molecular formula is C28H43N7O4. The van der Waals surface area contributed by atoms with Gasteiger partial charge in [-0.1, -0.05) is 12.5 Å². The first-order chi connectivity index (χ1) is 18.8. The molecule has 3 aliphatic heterocycles. The van der Waals surface area contributed by atoms with Crippen molar-refractivity contribution in [3.8, 4) is 0 Å². The summed E-state index contributed by atoms with van der Waals surface area (Å²) in [6.45, 7) is 11.4. The molecule has 0 atom stereocenters. The van der Waals surface area contributed by atoms with Crippen LogP contribution >= 0.6 is 0 Å². The Labute approximate surface area is 231 Å². The molecule has 0 aromatic carbocycles. The van der Waals surface area contributed by atoms with E-state index in [9.17, 15) is 19.2 Å². The quantitative estimate of drug-likeness (QED) is 0.539. The molecule has 11 nitrogen and oxygen atoms in total. The highest BCUT2D eigenvalue weighted by atomic mass is 16.2. The first-order valence-electron chi connectivity index (χ1n) is 14.2. The molecule has 1 aromatic heterocycles. The van der Waals surface area contributed by atoms with E-state index in [4.69, 9.17) is 4.98 Å². The number of hydrogen-bond donors (Lipinski definition) is 0. The number of aromatic nitrogens is 1.